The number of aromatic hydroxyl groups is 1. The van der Waals surface area contributed by atoms with E-state index in [2.05, 4.69) is 6.92 Å². The summed E-state index contributed by atoms with van der Waals surface area (Å²) in [5, 5.41) is 12.1. The summed E-state index contributed by atoms with van der Waals surface area (Å²) in [6, 6.07) is 11.6. The average Bonchev–Trinajstić information content (AvgIpc) is 2.29. The third-order valence-electron chi connectivity index (χ3n) is 2.92. The number of hydrogen-bond donors (Lipinski definition) is 2. The summed E-state index contributed by atoms with van der Waals surface area (Å²) in [5.41, 5.74) is 6.99. The fraction of sp³-hybridized carbons (Fsp3) is 0.286. The van der Waals surface area contributed by atoms with Gasteiger partial charge in [0.25, 0.3) is 0 Å². The lowest BCUT2D eigenvalue weighted by Gasteiger charge is -2.15. The normalized spacial score (nSPS) is 12.1. The van der Waals surface area contributed by atoms with Gasteiger partial charge in [-0.1, -0.05) is 43.7 Å². The Bertz CT molecular complexity index is 499. The Morgan fingerprint density at radius 1 is 1.18 bits per heavy atom. The van der Waals surface area contributed by atoms with E-state index in [0.717, 1.165) is 29.2 Å². The van der Waals surface area contributed by atoms with E-state index in [1.807, 2.05) is 30.3 Å². The van der Waals surface area contributed by atoms with Gasteiger partial charge < -0.3 is 10.8 Å². The molecule has 0 heterocycles. The average molecular weight is 252 g/mol. The fourth-order valence-electron chi connectivity index (χ4n) is 2.13. The van der Waals surface area contributed by atoms with Crippen LogP contribution in [0.3, 0.4) is 0 Å². The molecule has 0 aliphatic rings. The molecule has 2 aromatic rings. The monoisotopic (exact) mass is 251 g/mol. The second kappa shape index (κ2) is 5.89. The van der Waals surface area contributed by atoms with E-state index in [1.54, 1.807) is 6.07 Å². The molecule has 0 bridgehead atoms. The van der Waals surface area contributed by atoms with Crippen molar-refractivity contribution in [2.24, 2.45) is 5.73 Å². The van der Waals surface area contributed by atoms with Gasteiger partial charge in [-0.2, -0.15) is 0 Å². The predicted octanol–water partition coefficient (Wildman–Crippen LogP) is 3.77. The molecule has 0 saturated heterocycles. The van der Waals surface area contributed by atoms with Crippen molar-refractivity contribution < 1.29 is 5.11 Å². The van der Waals surface area contributed by atoms with Crippen molar-refractivity contribution in [3.63, 3.8) is 0 Å². The molecule has 0 aliphatic heterocycles. The van der Waals surface area contributed by atoms with Crippen molar-refractivity contribution >= 4 is 23.2 Å². The van der Waals surface area contributed by atoms with Crippen LogP contribution in [0.2, 0.25) is 0 Å². The van der Waals surface area contributed by atoms with Crippen molar-refractivity contribution in [1.29, 1.82) is 0 Å². The van der Waals surface area contributed by atoms with E-state index in [4.69, 9.17) is 5.73 Å². The molecule has 2 aromatic carbocycles. The lowest BCUT2D eigenvalue weighted by molar-refractivity contribution is 0.460. The van der Waals surface area contributed by atoms with Crippen molar-refractivity contribution in [2.75, 3.05) is 0 Å². The van der Waals surface area contributed by atoms with E-state index < -0.39 is 0 Å². The zero-order valence-corrected chi connectivity index (χ0v) is 10.7. The Kier molecular flexibility index (Phi) is 4.79. The quantitative estimate of drug-likeness (QED) is 0.872. The number of hydrogen-bond acceptors (Lipinski definition) is 2. The lowest BCUT2D eigenvalue weighted by atomic mass is 9.95. The van der Waals surface area contributed by atoms with Crippen LogP contribution in [0.5, 0.6) is 5.75 Å². The fourth-order valence-corrected chi connectivity index (χ4v) is 2.13. The molecule has 0 radical (unpaired) electrons. The summed E-state index contributed by atoms with van der Waals surface area (Å²) in [7, 11) is 0. The molecule has 2 nitrogen and oxygen atoms in total. The summed E-state index contributed by atoms with van der Waals surface area (Å²) < 4.78 is 0. The highest BCUT2D eigenvalue weighted by Gasteiger charge is 2.13. The minimum atomic E-state index is -0.0869. The van der Waals surface area contributed by atoms with Crippen LogP contribution < -0.4 is 5.73 Å². The van der Waals surface area contributed by atoms with Gasteiger partial charge in [0.2, 0.25) is 0 Å². The first-order chi connectivity index (χ1) is 7.74. The second-order valence-electron chi connectivity index (χ2n) is 4.11. The van der Waals surface area contributed by atoms with Crippen LogP contribution in [0.15, 0.2) is 36.4 Å². The third kappa shape index (κ3) is 2.71. The zero-order chi connectivity index (χ0) is 11.5. The molecule has 3 heteroatoms. The summed E-state index contributed by atoms with van der Waals surface area (Å²) in [6.45, 7) is 2.10. The van der Waals surface area contributed by atoms with Crippen molar-refractivity contribution in [2.45, 2.75) is 25.8 Å². The molecule has 3 N–H and O–H groups in total. The first kappa shape index (κ1) is 13.8. The molecule has 0 fully saturated rings. The summed E-state index contributed by atoms with van der Waals surface area (Å²) in [6.07, 6.45) is 1.91. The smallest absolute Gasteiger partial charge is 0.120 e. The van der Waals surface area contributed by atoms with E-state index in [-0.39, 0.29) is 18.4 Å². The standard InChI is InChI=1S/C14H17NO.ClH/c1-2-5-12(15)14-11-7-4-3-6-10(11)8-9-13(14)16;/h3-4,6-9,12,16H,2,5,15H2,1H3;1H/t12-;/m0./s1. The summed E-state index contributed by atoms with van der Waals surface area (Å²) in [5.74, 6) is 0.305. The number of nitrogens with two attached hydrogens (primary N) is 1. The Morgan fingerprint density at radius 2 is 1.88 bits per heavy atom. The maximum Gasteiger partial charge on any atom is 0.120 e. The molecule has 0 aromatic heterocycles. The largest absolute Gasteiger partial charge is 0.508 e. The van der Waals surface area contributed by atoms with Gasteiger partial charge in [-0.25, -0.2) is 0 Å². The number of rotatable bonds is 3. The molecule has 2 rings (SSSR count). The number of benzene rings is 2. The predicted molar refractivity (Wildman–Crippen MR) is 74.7 cm³/mol. The molecule has 0 saturated carbocycles. The van der Waals surface area contributed by atoms with Gasteiger partial charge in [0, 0.05) is 11.6 Å². The van der Waals surface area contributed by atoms with Crippen LogP contribution in [-0.2, 0) is 0 Å². The zero-order valence-electron chi connectivity index (χ0n) is 9.89. The van der Waals surface area contributed by atoms with Crippen LogP contribution in [0, 0.1) is 0 Å². The number of phenolic OH excluding ortho intramolecular Hbond substituents is 1. The number of phenols is 1. The van der Waals surface area contributed by atoms with Crippen LogP contribution in [-0.4, -0.2) is 5.11 Å². The van der Waals surface area contributed by atoms with E-state index in [1.165, 1.54) is 0 Å². The molecule has 0 amide bonds. The highest BCUT2D eigenvalue weighted by atomic mass is 35.5. The first-order valence-electron chi connectivity index (χ1n) is 5.70. The van der Waals surface area contributed by atoms with Gasteiger partial charge >= 0.3 is 0 Å². The van der Waals surface area contributed by atoms with E-state index in [9.17, 15) is 5.11 Å². The molecule has 0 aliphatic carbocycles. The van der Waals surface area contributed by atoms with E-state index in [0.29, 0.717) is 5.75 Å². The second-order valence-corrected chi connectivity index (χ2v) is 4.11. The van der Waals surface area contributed by atoms with Crippen LogP contribution in [0.4, 0.5) is 0 Å². The molecule has 17 heavy (non-hydrogen) atoms. The number of halogens is 1. The van der Waals surface area contributed by atoms with Crippen LogP contribution in [0.1, 0.15) is 31.4 Å². The molecule has 0 spiro atoms. The van der Waals surface area contributed by atoms with E-state index >= 15 is 0 Å². The SMILES string of the molecule is CCC[C@H](N)c1c(O)ccc2ccccc12.Cl. The van der Waals surface area contributed by atoms with Crippen molar-refractivity contribution in [3.8, 4) is 5.75 Å². The molecule has 0 unspecified atom stereocenters. The van der Waals surface area contributed by atoms with Gasteiger partial charge in [0.15, 0.2) is 0 Å². The maximum atomic E-state index is 9.93. The Morgan fingerprint density at radius 3 is 2.59 bits per heavy atom. The Balaban J connectivity index is 0.00000144. The van der Waals surface area contributed by atoms with Crippen molar-refractivity contribution in [1.82, 2.24) is 0 Å². The van der Waals surface area contributed by atoms with Gasteiger partial charge in [-0.15, -0.1) is 12.4 Å². The van der Waals surface area contributed by atoms with Gasteiger partial charge in [0.1, 0.15) is 5.75 Å². The van der Waals surface area contributed by atoms with Gasteiger partial charge in [0.05, 0.1) is 0 Å². The van der Waals surface area contributed by atoms with Crippen LogP contribution in [0.25, 0.3) is 10.8 Å². The maximum absolute atomic E-state index is 9.93. The molecular weight excluding hydrogens is 234 g/mol. The summed E-state index contributed by atoms with van der Waals surface area (Å²) >= 11 is 0. The Labute approximate surface area is 108 Å². The van der Waals surface area contributed by atoms with Gasteiger partial charge in [-0.05, 0) is 23.3 Å². The van der Waals surface area contributed by atoms with Gasteiger partial charge in [-0.3, -0.25) is 0 Å². The highest BCUT2D eigenvalue weighted by Crippen LogP contribution is 2.32. The summed E-state index contributed by atoms with van der Waals surface area (Å²) in [4.78, 5) is 0. The first-order valence-corrected chi connectivity index (χ1v) is 5.70. The minimum absolute atomic E-state index is 0. The lowest BCUT2D eigenvalue weighted by Crippen LogP contribution is -2.10. The van der Waals surface area contributed by atoms with Crippen molar-refractivity contribution in [3.05, 3.63) is 42.0 Å². The third-order valence-corrected chi connectivity index (χ3v) is 2.92. The topological polar surface area (TPSA) is 46.2 Å². The Hall–Kier alpha value is -1.25. The minimum Gasteiger partial charge on any atom is -0.508 e. The molecule has 92 valence electrons. The highest BCUT2D eigenvalue weighted by molar-refractivity contribution is 5.88. The molecule has 1 atom stereocenters. The number of fused-ring (bicyclic) bond motifs is 1. The molecular formula is C14H18ClNO. The van der Waals surface area contributed by atoms with Crippen LogP contribution >= 0.6 is 12.4 Å².